The molecule has 13 heteroatoms. The van der Waals surface area contributed by atoms with Crippen molar-refractivity contribution in [2.24, 2.45) is 0 Å². The molecule has 0 saturated carbocycles. The number of methoxy groups -OCH3 is 1. The van der Waals surface area contributed by atoms with Crippen LogP contribution in [0.3, 0.4) is 0 Å². The van der Waals surface area contributed by atoms with E-state index in [4.69, 9.17) is 15.2 Å². The zero-order valence-corrected chi connectivity index (χ0v) is 23.9. The van der Waals surface area contributed by atoms with Crippen LogP contribution >= 0.6 is 0 Å². The Hall–Kier alpha value is -4.59. The Kier molecular flexibility index (Phi) is 7.69. The number of pyridine rings is 1. The molecule has 0 aliphatic carbocycles. The van der Waals surface area contributed by atoms with Crippen LogP contribution in [0, 0.1) is 11.6 Å². The Labute approximate surface area is 246 Å². The molecule has 0 bridgehead atoms. The molecule has 0 unspecified atom stereocenters. The minimum atomic E-state index is -4.43. The van der Waals surface area contributed by atoms with Gasteiger partial charge >= 0.3 is 0 Å². The van der Waals surface area contributed by atoms with E-state index in [2.05, 4.69) is 31.7 Å². The first-order valence-electron chi connectivity index (χ1n) is 13.4. The fraction of sp³-hybridized carbons (Fsp3) is 0.200. The average Bonchev–Trinajstić information content (AvgIpc) is 3.32. The maximum Gasteiger partial charge on any atom is 0.264 e. The van der Waals surface area contributed by atoms with E-state index in [9.17, 15) is 17.2 Å². The Balaban J connectivity index is 1.35. The summed E-state index contributed by atoms with van der Waals surface area (Å²) in [6, 6.07) is 17.4. The van der Waals surface area contributed by atoms with Gasteiger partial charge in [-0.25, -0.2) is 27.2 Å². The lowest BCUT2D eigenvalue weighted by Crippen LogP contribution is -2.35. The van der Waals surface area contributed by atoms with Gasteiger partial charge in [0.05, 0.1) is 31.4 Å². The van der Waals surface area contributed by atoms with Gasteiger partial charge in [-0.1, -0.05) is 18.2 Å². The summed E-state index contributed by atoms with van der Waals surface area (Å²) in [4.78, 5) is 10.4. The monoisotopic (exact) mass is 606 g/mol. The van der Waals surface area contributed by atoms with Crippen molar-refractivity contribution in [1.82, 2.24) is 19.4 Å². The number of nitrogens with one attached hydrogen (secondary N) is 1. The van der Waals surface area contributed by atoms with Crippen molar-refractivity contribution in [3.8, 4) is 22.7 Å². The second-order valence-corrected chi connectivity index (χ2v) is 11.7. The molecule has 6 rings (SSSR count). The maximum absolute atomic E-state index is 14.3. The fourth-order valence-electron chi connectivity index (χ4n) is 5.09. The molecule has 0 radical (unpaired) electrons. The van der Waals surface area contributed by atoms with Gasteiger partial charge in [-0.15, -0.1) is 0 Å². The first-order chi connectivity index (χ1) is 20.7. The standard InChI is InChI=1S/C30H28F2N6O4S/c1-41-29-26(36-43(39,40)28-8-6-22(31)16-24(28)32)14-21(17-34-29)20-5-7-25-27(15-20)38(30(33)35-25)23-4-2-3-19(13-23)18-37-9-11-42-12-10-37/h2-8,13-17,36H,9-12,18H2,1H3,(H2,33,35). The molecule has 2 aromatic heterocycles. The molecular formula is C30H28F2N6O4S. The largest absolute Gasteiger partial charge is 0.480 e. The lowest BCUT2D eigenvalue weighted by molar-refractivity contribution is 0.0342. The molecule has 1 saturated heterocycles. The van der Waals surface area contributed by atoms with Crippen LogP contribution in [0.5, 0.6) is 5.88 Å². The molecular weight excluding hydrogens is 578 g/mol. The third-order valence-electron chi connectivity index (χ3n) is 7.16. The van der Waals surface area contributed by atoms with Crippen LogP contribution in [0.1, 0.15) is 5.56 Å². The molecule has 0 spiro atoms. The average molecular weight is 607 g/mol. The molecule has 1 aliphatic rings. The smallest absolute Gasteiger partial charge is 0.264 e. The SMILES string of the molecule is COc1ncc(-c2ccc3nc(N)n(-c4cccc(CN5CCOCC5)c4)c3c2)cc1NS(=O)(=O)c1ccc(F)cc1F. The van der Waals surface area contributed by atoms with Crippen LogP contribution in [0.2, 0.25) is 0 Å². The molecule has 1 aliphatic heterocycles. The van der Waals surface area contributed by atoms with E-state index >= 15 is 0 Å². The third-order valence-corrected chi connectivity index (χ3v) is 8.56. The maximum atomic E-state index is 14.3. The van der Waals surface area contributed by atoms with Gasteiger partial charge in [0.2, 0.25) is 11.8 Å². The quantitative estimate of drug-likeness (QED) is 0.263. The number of hydrogen-bond donors (Lipinski definition) is 2. The first kappa shape index (κ1) is 28.5. The number of ether oxygens (including phenoxy) is 2. The number of nitrogen functional groups attached to an aromatic ring is 1. The Morgan fingerprint density at radius 2 is 1.84 bits per heavy atom. The zero-order valence-electron chi connectivity index (χ0n) is 23.1. The summed E-state index contributed by atoms with van der Waals surface area (Å²) in [5, 5.41) is 0. The van der Waals surface area contributed by atoms with Gasteiger partial charge < -0.3 is 15.2 Å². The molecule has 3 N–H and O–H groups in total. The number of rotatable bonds is 8. The molecule has 0 atom stereocenters. The lowest BCUT2D eigenvalue weighted by Gasteiger charge is -2.26. The van der Waals surface area contributed by atoms with E-state index in [-0.39, 0.29) is 11.6 Å². The number of nitrogens with zero attached hydrogens (tertiary/aromatic N) is 4. The number of morpholine rings is 1. The highest BCUT2D eigenvalue weighted by Gasteiger charge is 2.23. The number of fused-ring (bicyclic) bond motifs is 1. The lowest BCUT2D eigenvalue weighted by atomic mass is 10.1. The highest BCUT2D eigenvalue weighted by Crippen LogP contribution is 2.33. The van der Waals surface area contributed by atoms with Crippen molar-refractivity contribution >= 4 is 32.7 Å². The third kappa shape index (κ3) is 5.87. The van der Waals surface area contributed by atoms with E-state index in [1.54, 1.807) is 0 Å². The summed E-state index contributed by atoms with van der Waals surface area (Å²) in [6.07, 6.45) is 1.53. The molecule has 5 aromatic rings. The van der Waals surface area contributed by atoms with Crippen molar-refractivity contribution < 1.29 is 26.7 Å². The van der Waals surface area contributed by atoms with E-state index in [1.165, 1.54) is 19.4 Å². The van der Waals surface area contributed by atoms with Gasteiger partial charge in [0.25, 0.3) is 10.0 Å². The summed E-state index contributed by atoms with van der Waals surface area (Å²) < 4.78 is 68.6. The Morgan fingerprint density at radius 3 is 2.60 bits per heavy atom. The molecule has 43 heavy (non-hydrogen) atoms. The first-order valence-corrected chi connectivity index (χ1v) is 14.9. The highest BCUT2D eigenvalue weighted by molar-refractivity contribution is 7.92. The number of halogens is 2. The van der Waals surface area contributed by atoms with Gasteiger partial charge in [0.1, 0.15) is 22.2 Å². The summed E-state index contributed by atoms with van der Waals surface area (Å²) >= 11 is 0. The summed E-state index contributed by atoms with van der Waals surface area (Å²) in [5.41, 5.74) is 11.0. The van der Waals surface area contributed by atoms with Gasteiger partial charge in [0.15, 0.2) is 0 Å². The summed E-state index contributed by atoms with van der Waals surface area (Å²) in [5.74, 6) is -1.82. The van der Waals surface area contributed by atoms with Crippen LogP contribution in [0.25, 0.3) is 27.8 Å². The van der Waals surface area contributed by atoms with Crippen molar-refractivity contribution in [3.05, 3.63) is 90.1 Å². The van der Waals surface area contributed by atoms with E-state index < -0.39 is 26.6 Å². The summed E-state index contributed by atoms with van der Waals surface area (Å²) in [6.45, 7) is 3.96. The van der Waals surface area contributed by atoms with Crippen LogP contribution in [-0.2, 0) is 21.3 Å². The number of nitrogens with two attached hydrogens (primary N) is 1. The predicted octanol–water partition coefficient (Wildman–Crippen LogP) is 4.59. The fourth-order valence-corrected chi connectivity index (χ4v) is 6.20. The minimum Gasteiger partial charge on any atom is -0.480 e. The van der Waals surface area contributed by atoms with Gasteiger partial charge in [-0.2, -0.15) is 0 Å². The molecule has 3 heterocycles. The minimum absolute atomic E-state index is 0.0207. The molecule has 3 aromatic carbocycles. The van der Waals surface area contributed by atoms with Crippen LogP contribution in [-0.4, -0.2) is 61.3 Å². The van der Waals surface area contributed by atoms with E-state index in [1.807, 2.05) is 34.9 Å². The van der Waals surface area contributed by atoms with Crippen molar-refractivity contribution in [2.75, 3.05) is 43.9 Å². The zero-order chi connectivity index (χ0) is 30.1. The van der Waals surface area contributed by atoms with Crippen LogP contribution in [0.15, 0.2) is 77.8 Å². The number of benzene rings is 3. The van der Waals surface area contributed by atoms with Gasteiger partial charge in [-0.05, 0) is 53.6 Å². The van der Waals surface area contributed by atoms with Crippen LogP contribution in [0.4, 0.5) is 20.4 Å². The van der Waals surface area contributed by atoms with Crippen molar-refractivity contribution in [3.63, 3.8) is 0 Å². The Bertz CT molecular complexity index is 1930. The predicted molar refractivity (Wildman–Crippen MR) is 159 cm³/mol. The van der Waals surface area contributed by atoms with Crippen molar-refractivity contribution in [2.45, 2.75) is 11.4 Å². The molecule has 222 valence electrons. The van der Waals surface area contributed by atoms with Crippen LogP contribution < -0.4 is 15.2 Å². The number of aromatic nitrogens is 3. The normalized spacial score (nSPS) is 14.2. The number of hydrogen-bond acceptors (Lipinski definition) is 8. The number of anilines is 2. The Morgan fingerprint density at radius 1 is 1.02 bits per heavy atom. The van der Waals surface area contributed by atoms with Gasteiger partial charge in [-0.3, -0.25) is 14.2 Å². The highest BCUT2D eigenvalue weighted by atomic mass is 32.2. The summed E-state index contributed by atoms with van der Waals surface area (Å²) in [7, 11) is -3.10. The number of imidazole rings is 1. The van der Waals surface area contributed by atoms with E-state index in [0.29, 0.717) is 41.9 Å². The van der Waals surface area contributed by atoms with Gasteiger partial charge in [0, 0.05) is 43.1 Å². The van der Waals surface area contributed by atoms with Crippen molar-refractivity contribution in [1.29, 1.82) is 0 Å². The molecule has 10 nitrogen and oxygen atoms in total. The second kappa shape index (κ2) is 11.6. The number of sulfonamides is 1. The van der Waals surface area contributed by atoms with E-state index in [0.717, 1.165) is 48.5 Å². The molecule has 0 amide bonds. The topological polar surface area (TPSA) is 125 Å². The molecule has 1 fully saturated rings. The second-order valence-electron chi connectivity index (χ2n) is 10.0.